The zero-order chi connectivity index (χ0) is 26.9. The highest BCUT2D eigenvalue weighted by Crippen LogP contribution is 2.50. The third-order valence-electron chi connectivity index (χ3n) is 8.40. The summed E-state index contributed by atoms with van der Waals surface area (Å²) in [6.45, 7) is 2.42. The maximum absolute atomic E-state index is 14.7. The van der Waals surface area contributed by atoms with Crippen LogP contribution >= 0.6 is 0 Å². The van der Waals surface area contributed by atoms with Crippen LogP contribution in [0.25, 0.3) is 0 Å². The Balaban J connectivity index is 1.04. The fourth-order valence-electron chi connectivity index (χ4n) is 6.39. The number of hydrogen-bond acceptors (Lipinski definition) is 7. The van der Waals surface area contributed by atoms with E-state index in [1.807, 2.05) is 0 Å². The highest BCUT2D eigenvalue weighted by Gasteiger charge is 2.60. The number of nitrogens with zero attached hydrogens (tertiary/aromatic N) is 5. The van der Waals surface area contributed by atoms with Crippen molar-refractivity contribution in [2.45, 2.75) is 62.6 Å². The maximum atomic E-state index is 14.7. The van der Waals surface area contributed by atoms with Crippen molar-refractivity contribution < 1.29 is 27.0 Å². The maximum Gasteiger partial charge on any atom is 0.433 e. The van der Waals surface area contributed by atoms with Crippen molar-refractivity contribution in [1.29, 1.82) is 0 Å². The van der Waals surface area contributed by atoms with Crippen molar-refractivity contribution in [2.75, 3.05) is 18.0 Å². The van der Waals surface area contributed by atoms with Crippen LogP contribution in [0.15, 0.2) is 47.4 Å². The summed E-state index contributed by atoms with van der Waals surface area (Å²) in [5, 5.41) is 0. The average Bonchev–Trinajstić information content (AvgIpc) is 3.49. The second-order valence-corrected chi connectivity index (χ2v) is 10.8. The van der Waals surface area contributed by atoms with Gasteiger partial charge in [-0.15, -0.1) is 0 Å². The number of rotatable bonds is 6. The molecule has 0 N–H and O–H groups in total. The van der Waals surface area contributed by atoms with Crippen molar-refractivity contribution in [3.05, 3.63) is 70.2 Å². The summed E-state index contributed by atoms with van der Waals surface area (Å²) >= 11 is 0. The normalized spacial score (nSPS) is 24.0. The van der Waals surface area contributed by atoms with E-state index in [0.717, 1.165) is 31.5 Å². The highest BCUT2D eigenvalue weighted by atomic mass is 19.4. The van der Waals surface area contributed by atoms with Crippen molar-refractivity contribution in [3.8, 4) is 17.4 Å². The lowest BCUT2D eigenvalue weighted by Gasteiger charge is -2.44. The molecule has 0 unspecified atom stereocenters. The summed E-state index contributed by atoms with van der Waals surface area (Å²) in [6.07, 6.45) is 1.17. The highest BCUT2D eigenvalue weighted by molar-refractivity contribution is 5.53. The smallest absolute Gasteiger partial charge is 0.433 e. The van der Waals surface area contributed by atoms with E-state index in [4.69, 9.17) is 9.47 Å². The van der Waals surface area contributed by atoms with Gasteiger partial charge in [-0.2, -0.15) is 18.2 Å². The van der Waals surface area contributed by atoms with Gasteiger partial charge in [0.05, 0.1) is 12.1 Å². The Morgan fingerprint density at radius 2 is 1.92 bits per heavy atom. The van der Waals surface area contributed by atoms with E-state index >= 15 is 0 Å². The lowest BCUT2D eigenvalue weighted by molar-refractivity contribution is -0.141. The number of benzene rings is 1. The minimum atomic E-state index is -4.64. The minimum absolute atomic E-state index is 0.0518. The molecule has 12 heteroatoms. The van der Waals surface area contributed by atoms with Crippen LogP contribution in [0.5, 0.6) is 17.4 Å². The van der Waals surface area contributed by atoms with E-state index in [2.05, 4.69) is 19.8 Å². The van der Waals surface area contributed by atoms with Crippen LogP contribution in [0.3, 0.4) is 0 Å². The molecule has 204 valence electrons. The predicted molar refractivity (Wildman–Crippen MR) is 131 cm³/mol. The topological polar surface area (TPSA) is 72.7 Å². The number of hydrogen-bond donors (Lipinski definition) is 0. The Kier molecular flexibility index (Phi) is 5.42. The number of pyridine rings is 1. The molecular weight excluding hydrogens is 518 g/mol. The molecule has 5 heterocycles. The lowest BCUT2D eigenvalue weighted by atomic mass is 9.90. The predicted octanol–water partition coefficient (Wildman–Crippen LogP) is 4.37. The van der Waals surface area contributed by atoms with E-state index < -0.39 is 17.7 Å². The molecule has 4 aliphatic rings. The molecule has 1 aromatic carbocycles. The van der Waals surface area contributed by atoms with Crippen LogP contribution in [0, 0.1) is 5.82 Å². The number of fused-ring (bicyclic) bond motifs is 3. The van der Waals surface area contributed by atoms with E-state index in [0.29, 0.717) is 30.3 Å². The van der Waals surface area contributed by atoms with Crippen LogP contribution in [-0.4, -0.2) is 50.1 Å². The van der Waals surface area contributed by atoms with Crippen molar-refractivity contribution >= 4 is 5.82 Å². The minimum Gasteiger partial charge on any atom is -0.473 e. The molecule has 2 bridgehead atoms. The zero-order valence-corrected chi connectivity index (χ0v) is 20.8. The molecule has 1 aliphatic carbocycles. The third-order valence-corrected chi connectivity index (χ3v) is 8.40. The fourth-order valence-corrected chi connectivity index (χ4v) is 6.39. The van der Waals surface area contributed by atoms with Crippen LogP contribution in [0.2, 0.25) is 0 Å². The summed E-state index contributed by atoms with van der Waals surface area (Å²) in [7, 11) is 0. The summed E-state index contributed by atoms with van der Waals surface area (Å²) in [5.41, 5.74) is -1.12. The third kappa shape index (κ3) is 4.12. The van der Waals surface area contributed by atoms with Crippen LogP contribution in [-0.2, 0) is 19.3 Å². The van der Waals surface area contributed by atoms with Crippen LogP contribution in [0.4, 0.5) is 23.4 Å². The second-order valence-electron chi connectivity index (χ2n) is 10.8. The van der Waals surface area contributed by atoms with Crippen molar-refractivity contribution in [2.24, 2.45) is 0 Å². The van der Waals surface area contributed by atoms with Crippen molar-refractivity contribution in [3.63, 3.8) is 0 Å². The molecule has 2 saturated heterocycles. The van der Waals surface area contributed by atoms with E-state index in [1.165, 1.54) is 43.5 Å². The van der Waals surface area contributed by atoms with Gasteiger partial charge in [-0.25, -0.2) is 9.18 Å². The van der Waals surface area contributed by atoms with Gasteiger partial charge in [-0.1, -0.05) is 12.5 Å². The van der Waals surface area contributed by atoms with Gasteiger partial charge >= 0.3 is 11.9 Å². The van der Waals surface area contributed by atoms with Gasteiger partial charge in [-0.05, 0) is 43.0 Å². The quantitative estimate of drug-likeness (QED) is 0.428. The van der Waals surface area contributed by atoms with Gasteiger partial charge in [0.25, 0.3) is 0 Å². The molecule has 1 saturated carbocycles. The fraction of sp³-hybridized carbons (Fsp3) is 0.444. The molecule has 39 heavy (non-hydrogen) atoms. The van der Waals surface area contributed by atoms with E-state index in [9.17, 15) is 22.4 Å². The molecule has 3 aliphatic heterocycles. The van der Waals surface area contributed by atoms with Gasteiger partial charge in [0.15, 0.2) is 11.6 Å². The molecule has 2 atom stereocenters. The van der Waals surface area contributed by atoms with Crippen LogP contribution in [0.1, 0.15) is 36.9 Å². The molecule has 7 rings (SSSR count). The number of halogens is 4. The number of alkyl halides is 3. The van der Waals surface area contributed by atoms with Gasteiger partial charge in [0.2, 0.25) is 5.88 Å². The number of likely N-dealkylation sites (tertiary alicyclic amines) is 1. The van der Waals surface area contributed by atoms with Crippen LogP contribution < -0.4 is 20.1 Å². The Labute approximate surface area is 220 Å². The van der Waals surface area contributed by atoms with Gasteiger partial charge in [0, 0.05) is 43.5 Å². The first-order valence-corrected chi connectivity index (χ1v) is 13.0. The Morgan fingerprint density at radius 1 is 1.08 bits per heavy atom. The molecule has 3 fully saturated rings. The molecule has 2 aromatic heterocycles. The molecule has 8 nitrogen and oxygen atoms in total. The summed E-state index contributed by atoms with van der Waals surface area (Å²) in [5.74, 6) is -0.218. The molecule has 0 amide bonds. The molecule has 0 radical (unpaired) electrons. The first kappa shape index (κ1) is 24.4. The van der Waals surface area contributed by atoms with E-state index in [1.54, 1.807) is 10.6 Å². The average molecular weight is 544 g/mol. The SMILES string of the molecule is O=c1nc(OCc2ccc(Oc3ccnc(C(F)(F)F)c3)c(F)c2)cc2n1C[C@@]13C[C@@H](CN21)N(C1CCC1)C3. The summed E-state index contributed by atoms with van der Waals surface area (Å²) in [4.78, 5) is 25.2. The Hall–Kier alpha value is -3.67. The number of aromatic nitrogens is 3. The summed E-state index contributed by atoms with van der Waals surface area (Å²) in [6, 6.07) is 8.89. The first-order chi connectivity index (χ1) is 18.7. The van der Waals surface area contributed by atoms with Gasteiger partial charge in [-0.3, -0.25) is 14.5 Å². The molecular formula is C27H25F4N5O3. The Morgan fingerprint density at radius 3 is 2.67 bits per heavy atom. The zero-order valence-electron chi connectivity index (χ0n) is 20.8. The first-order valence-electron chi connectivity index (χ1n) is 13.0. The van der Waals surface area contributed by atoms with Crippen molar-refractivity contribution in [1.82, 2.24) is 19.4 Å². The molecule has 3 aromatic rings. The second kappa shape index (κ2) is 8.67. The van der Waals surface area contributed by atoms with Gasteiger partial charge in [0.1, 0.15) is 23.9 Å². The number of piperazine rings is 1. The largest absolute Gasteiger partial charge is 0.473 e. The lowest BCUT2D eigenvalue weighted by Crippen LogP contribution is -2.56. The summed E-state index contributed by atoms with van der Waals surface area (Å²) < 4.78 is 66.2. The Bertz CT molecular complexity index is 1510. The van der Waals surface area contributed by atoms with Gasteiger partial charge < -0.3 is 14.4 Å². The number of anilines is 1. The standard InChI is InChI=1S/C27H25F4N5O3/c28-20-8-16(4-5-21(20)39-19-6-7-32-22(9-19)27(29,30)31)13-38-23-10-24-35(25(37)33-23)15-26-11-18(12-36(24)26)34(14-26)17-2-1-3-17/h4-10,17-18H,1-3,11-15H2/t18-,26-/m0/s1. The molecule has 1 spiro atoms. The number of ether oxygens (including phenoxy) is 2. The monoisotopic (exact) mass is 543 g/mol. The van der Waals surface area contributed by atoms with E-state index in [-0.39, 0.29) is 35.2 Å².